The zero-order chi connectivity index (χ0) is 33.6. The second kappa shape index (κ2) is 19.2. The van der Waals surface area contributed by atoms with E-state index in [-0.39, 0.29) is 0 Å². The largest absolute Gasteiger partial charge is 0.419 e. The van der Waals surface area contributed by atoms with Gasteiger partial charge >= 0.3 is 6.18 Å². The first kappa shape index (κ1) is 39.7. The Morgan fingerprint density at radius 1 is 0.523 bits per heavy atom. The van der Waals surface area contributed by atoms with E-state index in [1.54, 1.807) is 0 Å². The Morgan fingerprint density at radius 2 is 1.00 bits per heavy atom. The summed E-state index contributed by atoms with van der Waals surface area (Å²) >= 11 is 0. The Kier molecular flexibility index (Phi) is 17.3. The predicted octanol–water partition coefficient (Wildman–Crippen LogP) is 11.7. The van der Waals surface area contributed by atoms with Crippen molar-refractivity contribution in [1.82, 2.24) is 5.32 Å². The average molecular weight is 650 g/mol. The van der Waals surface area contributed by atoms with E-state index in [1.807, 2.05) is 0 Å². The Hall–Kier alpha value is -2.37. The zero-order valence-electron chi connectivity index (χ0n) is 25.6. The summed E-state index contributed by atoms with van der Waals surface area (Å²) < 4.78 is 146. The van der Waals surface area contributed by atoms with E-state index in [0.29, 0.717) is 6.92 Å². The van der Waals surface area contributed by atoms with Crippen molar-refractivity contribution in [3.63, 3.8) is 0 Å². The predicted molar refractivity (Wildman–Crippen MR) is 150 cm³/mol. The van der Waals surface area contributed by atoms with Crippen LogP contribution in [-0.2, 0) is 6.18 Å². The summed E-state index contributed by atoms with van der Waals surface area (Å²) in [5.74, 6) is -20.3. The molecule has 44 heavy (non-hydrogen) atoms. The van der Waals surface area contributed by atoms with Crippen molar-refractivity contribution in [3.8, 4) is 11.1 Å². The molecule has 2 rings (SSSR count). The van der Waals surface area contributed by atoms with Crippen molar-refractivity contribution >= 4 is 0 Å². The molecule has 0 aliphatic rings. The monoisotopic (exact) mass is 649 g/mol. The van der Waals surface area contributed by atoms with Crippen LogP contribution in [0, 0.1) is 59.4 Å². The lowest BCUT2D eigenvalue weighted by atomic mass is 9.92. The van der Waals surface area contributed by atoms with Crippen LogP contribution in [0.25, 0.3) is 11.1 Å². The summed E-state index contributed by atoms with van der Waals surface area (Å²) in [4.78, 5) is 0. The highest BCUT2D eigenvalue weighted by atomic mass is 19.4. The quantitative estimate of drug-likeness (QED) is 0.0826. The van der Waals surface area contributed by atoms with Gasteiger partial charge in [-0.25, -0.2) is 35.1 Å². The highest BCUT2D eigenvalue weighted by molar-refractivity contribution is 5.73. The van der Waals surface area contributed by atoms with E-state index in [0.717, 1.165) is 5.92 Å². The molecule has 2 aromatic carbocycles. The molecule has 0 bridgehead atoms. The Labute approximate surface area is 252 Å². The van der Waals surface area contributed by atoms with E-state index < -0.39 is 75.0 Å². The maximum absolute atomic E-state index is 13.8. The van der Waals surface area contributed by atoms with Gasteiger partial charge in [-0.1, -0.05) is 85.0 Å². The van der Waals surface area contributed by atoms with Crippen LogP contribution in [0.4, 0.5) is 48.3 Å². The minimum Gasteiger partial charge on any atom is -0.317 e. The summed E-state index contributed by atoms with van der Waals surface area (Å²) in [6, 6.07) is 0. The third-order valence-electron chi connectivity index (χ3n) is 7.53. The SMILES string of the molecule is CCCCCCCCCNCCC(CC)CCCC.Cc1c(F)c(F)c(F)c(C(F)(F)F)c1-c1c(F)c(F)c(F)c(F)c1F. The standard InChI is InChI=1S/C18H39N.C14H3F11/c1-4-7-9-10-11-12-13-16-19-17-15-18(6-3)14-8-5-2;1-2-3(4-7(16)11(20)13(22)12(21)8(4)17)5(14(23,24)25)9(18)10(19)6(2)15/h18-19H,4-17H2,1-3H3;1H3. The molecule has 0 saturated heterocycles. The molecule has 1 N–H and O–H groups in total. The van der Waals surface area contributed by atoms with E-state index in [1.165, 1.54) is 90.1 Å². The zero-order valence-corrected chi connectivity index (χ0v) is 25.6. The first-order valence-electron chi connectivity index (χ1n) is 15.1. The van der Waals surface area contributed by atoms with Crippen molar-refractivity contribution in [2.75, 3.05) is 13.1 Å². The van der Waals surface area contributed by atoms with Gasteiger partial charge in [-0.05, 0) is 44.3 Å². The van der Waals surface area contributed by atoms with Gasteiger partial charge in [0.05, 0.1) is 5.56 Å². The number of hydrogen-bond acceptors (Lipinski definition) is 1. The van der Waals surface area contributed by atoms with Crippen molar-refractivity contribution in [1.29, 1.82) is 0 Å². The Balaban J connectivity index is 0.000000459. The molecule has 12 heteroatoms. The van der Waals surface area contributed by atoms with Crippen LogP contribution in [0.2, 0.25) is 0 Å². The molecule has 0 amide bonds. The second-order valence-corrected chi connectivity index (χ2v) is 10.8. The van der Waals surface area contributed by atoms with Crippen LogP contribution in [-0.4, -0.2) is 13.1 Å². The molecular formula is C32H42F11N. The van der Waals surface area contributed by atoms with Crippen LogP contribution >= 0.6 is 0 Å². The van der Waals surface area contributed by atoms with Gasteiger partial charge in [-0.3, -0.25) is 0 Å². The van der Waals surface area contributed by atoms with E-state index in [9.17, 15) is 48.3 Å². The topological polar surface area (TPSA) is 12.0 Å². The van der Waals surface area contributed by atoms with Gasteiger partial charge in [0.15, 0.2) is 40.7 Å². The molecule has 1 unspecified atom stereocenters. The lowest BCUT2D eigenvalue weighted by molar-refractivity contribution is -0.139. The van der Waals surface area contributed by atoms with Crippen LogP contribution < -0.4 is 5.32 Å². The molecule has 0 radical (unpaired) electrons. The fourth-order valence-corrected chi connectivity index (χ4v) is 4.86. The van der Waals surface area contributed by atoms with Gasteiger partial charge in [0.1, 0.15) is 5.56 Å². The molecule has 0 saturated carbocycles. The van der Waals surface area contributed by atoms with Gasteiger partial charge in [-0.15, -0.1) is 0 Å². The second-order valence-electron chi connectivity index (χ2n) is 10.8. The molecule has 1 nitrogen and oxygen atoms in total. The highest BCUT2D eigenvalue weighted by Crippen LogP contribution is 2.45. The molecular weight excluding hydrogens is 607 g/mol. The smallest absolute Gasteiger partial charge is 0.317 e. The molecule has 0 aliphatic heterocycles. The van der Waals surface area contributed by atoms with Crippen LogP contribution in [0.15, 0.2) is 0 Å². The van der Waals surface area contributed by atoms with Crippen molar-refractivity contribution in [3.05, 3.63) is 57.7 Å². The number of nitrogens with one attached hydrogen (secondary N) is 1. The van der Waals surface area contributed by atoms with Crippen molar-refractivity contribution in [2.24, 2.45) is 5.92 Å². The Morgan fingerprint density at radius 3 is 1.50 bits per heavy atom. The van der Waals surface area contributed by atoms with E-state index in [2.05, 4.69) is 26.1 Å². The highest BCUT2D eigenvalue weighted by Gasteiger charge is 2.43. The number of benzene rings is 2. The van der Waals surface area contributed by atoms with E-state index >= 15 is 0 Å². The molecule has 0 spiro atoms. The summed E-state index contributed by atoms with van der Waals surface area (Å²) in [5.41, 5.74) is -8.45. The molecule has 252 valence electrons. The van der Waals surface area contributed by atoms with Crippen molar-refractivity contribution in [2.45, 2.75) is 111 Å². The summed E-state index contributed by atoms with van der Waals surface area (Å²) in [6.45, 7) is 9.76. The third kappa shape index (κ3) is 10.9. The molecule has 0 fully saturated rings. The number of unbranched alkanes of at least 4 members (excludes halogenated alkanes) is 7. The summed E-state index contributed by atoms with van der Waals surface area (Å²) in [5, 5.41) is 3.63. The normalized spacial score (nSPS) is 12.3. The minimum atomic E-state index is -5.83. The van der Waals surface area contributed by atoms with Crippen LogP contribution in [0.3, 0.4) is 0 Å². The van der Waals surface area contributed by atoms with Gasteiger partial charge in [0.25, 0.3) is 0 Å². The lowest BCUT2D eigenvalue weighted by Crippen LogP contribution is -2.19. The minimum absolute atomic E-state index is 0.362. The Bertz CT molecular complexity index is 1150. The van der Waals surface area contributed by atoms with Crippen LogP contribution in [0.1, 0.15) is 109 Å². The van der Waals surface area contributed by atoms with Crippen LogP contribution in [0.5, 0.6) is 0 Å². The first-order valence-corrected chi connectivity index (χ1v) is 15.1. The van der Waals surface area contributed by atoms with Gasteiger partial charge in [-0.2, -0.15) is 13.2 Å². The maximum atomic E-state index is 13.8. The summed E-state index contributed by atoms with van der Waals surface area (Å²) in [7, 11) is 0. The first-order chi connectivity index (χ1) is 20.7. The lowest BCUT2D eigenvalue weighted by Gasteiger charge is -2.19. The molecule has 0 aliphatic carbocycles. The molecule has 0 heterocycles. The molecule has 0 aromatic heterocycles. The molecule has 2 aromatic rings. The average Bonchev–Trinajstić information content (AvgIpc) is 2.98. The maximum Gasteiger partial charge on any atom is 0.419 e. The van der Waals surface area contributed by atoms with Gasteiger partial charge in [0, 0.05) is 5.56 Å². The number of rotatable bonds is 16. The number of halogens is 11. The number of alkyl halides is 3. The van der Waals surface area contributed by atoms with Gasteiger partial charge in [0.2, 0.25) is 5.82 Å². The fourth-order valence-electron chi connectivity index (χ4n) is 4.86. The fraction of sp³-hybridized carbons (Fsp3) is 0.625. The third-order valence-corrected chi connectivity index (χ3v) is 7.53. The van der Waals surface area contributed by atoms with Gasteiger partial charge < -0.3 is 5.32 Å². The van der Waals surface area contributed by atoms with E-state index in [4.69, 9.17) is 0 Å². The molecule has 1 atom stereocenters. The number of hydrogen-bond donors (Lipinski definition) is 1. The summed E-state index contributed by atoms with van der Waals surface area (Å²) in [6.07, 6.45) is 11.0. The van der Waals surface area contributed by atoms with Crippen molar-refractivity contribution < 1.29 is 48.3 Å².